The fourth-order valence-electron chi connectivity index (χ4n) is 2.95. The summed E-state index contributed by atoms with van der Waals surface area (Å²) in [4.78, 5) is 0. The fraction of sp³-hybridized carbons (Fsp3) is 0.533. The first-order valence-corrected chi connectivity index (χ1v) is 8.42. The SMILES string of the molecule is N#Cc1ccc(NC2CCOC3(CCSC3)C2)cc1Cl. The standard InChI is InChI=1S/C15H17ClN2OS/c16-14-7-12(2-1-11(14)9-17)18-13-3-5-19-15(8-13)4-6-20-10-15/h1-2,7,13,18H,3-6,8,10H2. The molecule has 0 aliphatic carbocycles. The lowest BCUT2D eigenvalue weighted by Crippen LogP contribution is -2.44. The number of hydrogen-bond acceptors (Lipinski definition) is 4. The summed E-state index contributed by atoms with van der Waals surface area (Å²) in [5, 5.41) is 12.9. The Morgan fingerprint density at radius 3 is 3.10 bits per heavy atom. The van der Waals surface area contributed by atoms with Crippen LogP contribution in [0.4, 0.5) is 5.69 Å². The predicted octanol–water partition coefficient (Wildman–Crippen LogP) is 3.68. The van der Waals surface area contributed by atoms with Crippen LogP contribution >= 0.6 is 23.4 Å². The highest BCUT2D eigenvalue weighted by Crippen LogP contribution is 2.39. The van der Waals surface area contributed by atoms with Crippen LogP contribution in [0, 0.1) is 11.3 Å². The highest BCUT2D eigenvalue weighted by Gasteiger charge is 2.40. The number of hydrogen-bond donors (Lipinski definition) is 1. The first-order chi connectivity index (χ1) is 9.71. The molecule has 106 valence electrons. The van der Waals surface area contributed by atoms with E-state index in [0.717, 1.165) is 37.3 Å². The number of thioether (sulfide) groups is 1. The molecule has 1 aromatic carbocycles. The molecule has 1 aromatic rings. The number of nitriles is 1. The Kier molecular flexibility index (Phi) is 4.11. The third kappa shape index (κ3) is 2.90. The molecule has 2 fully saturated rings. The number of halogens is 1. The summed E-state index contributed by atoms with van der Waals surface area (Å²) in [6.45, 7) is 0.822. The highest BCUT2D eigenvalue weighted by molar-refractivity contribution is 7.99. The van der Waals surface area contributed by atoms with Crippen molar-refractivity contribution in [2.45, 2.75) is 30.9 Å². The van der Waals surface area contributed by atoms with E-state index in [9.17, 15) is 0 Å². The van der Waals surface area contributed by atoms with Crippen molar-refractivity contribution in [1.82, 2.24) is 0 Å². The Bertz CT molecular complexity index is 537. The van der Waals surface area contributed by atoms with Gasteiger partial charge in [0.1, 0.15) is 6.07 Å². The first kappa shape index (κ1) is 14.1. The van der Waals surface area contributed by atoms with Crippen molar-refractivity contribution in [3.8, 4) is 6.07 Å². The number of anilines is 1. The van der Waals surface area contributed by atoms with Crippen LogP contribution < -0.4 is 5.32 Å². The molecule has 2 aliphatic heterocycles. The minimum atomic E-state index is 0.0803. The van der Waals surface area contributed by atoms with E-state index in [4.69, 9.17) is 21.6 Å². The lowest BCUT2D eigenvalue weighted by atomic mass is 9.90. The predicted molar refractivity (Wildman–Crippen MR) is 83.4 cm³/mol. The molecule has 0 bridgehead atoms. The van der Waals surface area contributed by atoms with Gasteiger partial charge in [-0.15, -0.1) is 0 Å². The molecule has 2 saturated heterocycles. The molecule has 3 rings (SSSR count). The van der Waals surface area contributed by atoms with Crippen LogP contribution in [0.15, 0.2) is 18.2 Å². The van der Waals surface area contributed by atoms with Crippen LogP contribution in [-0.2, 0) is 4.74 Å². The Morgan fingerprint density at radius 2 is 2.40 bits per heavy atom. The summed E-state index contributed by atoms with van der Waals surface area (Å²) in [6.07, 6.45) is 3.23. The summed E-state index contributed by atoms with van der Waals surface area (Å²) >= 11 is 8.06. The zero-order chi connectivity index (χ0) is 14.0. The Balaban J connectivity index is 1.68. The van der Waals surface area contributed by atoms with E-state index in [2.05, 4.69) is 11.4 Å². The third-order valence-corrected chi connectivity index (χ3v) is 5.56. The van der Waals surface area contributed by atoms with Crippen LogP contribution in [0.1, 0.15) is 24.8 Å². The maximum Gasteiger partial charge on any atom is 0.101 e. The third-order valence-electron chi connectivity index (χ3n) is 4.02. The van der Waals surface area contributed by atoms with E-state index in [1.165, 1.54) is 5.75 Å². The molecule has 0 radical (unpaired) electrons. The largest absolute Gasteiger partial charge is 0.382 e. The van der Waals surface area contributed by atoms with Crippen LogP contribution in [-0.4, -0.2) is 29.8 Å². The van der Waals surface area contributed by atoms with Crippen molar-refractivity contribution in [1.29, 1.82) is 5.26 Å². The van der Waals surface area contributed by atoms with Crippen LogP contribution in [0.2, 0.25) is 5.02 Å². The average molecular weight is 309 g/mol. The van der Waals surface area contributed by atoms with Gasteiger partial charge in [-0.3, -0.25) is 0 Å². The van der Waals surface area contributed by atoms with E-state index in [-0.39, 0.29) is 5.60 Å². The molecule has 2 heterocycles. The number of ether oxygens (including phenoxy) is 1. The Morgan fingerprint density at radius 1 is 1.50 bits per heavy atom. The van der Waals surface area contributed by atoms with Gasteiger partial charge in [0.05, 0.1) is 16.2 Å². The molecule has 0 amide bonds. The zero-order valence-corrected chi connectivity index (χ0v) is 12.8. The molecule has 20 heavy (non-hydrogen) atoms. The van der Waals surface area contributed by atoms with Crippen molar-refractivity contribution in [3.05, 3.63) is 28.8 Å². The number of benzene rings is 1. The molecule has 0 saturated carbocycles. The summed E-state index contributed by atoms with van der Waals surface area (Å²) < 4.78 is 6.02. The van der Waals surface area contributed by atoms with Gasteiger partial charge in [-0.05, 0) is 43.2 Å². The average Bonchev–Trinajstić information content (AvgIpc) is 2.87. The van der Waals surface area contributed by atoms with Gasteiger partial charge in [0.25, 0.3) is 0 Å². The number of nitrogens with zero attached hydrogens (tertiary/aromatic N) is 1. The number of rotatable bonds is 2. The normalized spacial score (nSPS) is 29.3. The molecule has 2 atom stereocenters. The summed E-state index contributed by atoms with van der Waals surface area (Å²) in [7, 11) is 0. The summed E-state index contributed by atoms with van der Waals surface area (Å²) in [5.74, 6) is 2.31. The molecule has 3 nitrogen and oxygen atoms in total. The smallest absolute Gasteiger partial charge is 0.101 e. The molecule has 2 aliphatic rings. The van der Waals surface area contributed by atoms with Gasteiger partial charge in [0.2, 0.25) is 0 Å². The topological polar surface area (TPSA) is 45.0 Å². The van der Waals surface area contributed by atoms with E-state index in [1.807, 2.05) is 23.9 Å². The molecule has 5 heteroatoms. The monoisotopic (exact) mass is 308 g/mol. The van der Waals surface area contributed by atoms with Gasteiger partial charge in [0.15, 0.2) is 0 Å². The van der Waals surface area contributed by atoms with Gasteiger partial charge < -0.3 is 10.1 Å². The van der Waals surface area contributed by atoms with E-state index < -0.39 is 0 Å². The van der Waals surface area contributed by atoms with Gasteiger partial charge in [-0.2, -0.15) is 17.0 Å². The first-order valence-electron chi connectivity index (χ1n) is 6.89. The van der Waals surface area contributed by atoms with Gasteiger partial charge in [-0.1, -0.05) is 11.6 Å². The van der Waals surface area contributed by atoms with E-state index >= 15 is 0 Å². The van der Waals surface area contributed by atoms with E-state index in [1.54, 1.807) is 6.07 Å². The molecule has 0 aromatic heterocycles. The van der Waals surface area contributed by atoms with Gasteiger partial charge >= 0.3 is 0 Å². The van der Waals surface area contributed by atoms with Crippen molar-refractivity contribution in [3.63, 3.8) is 0 Å². The maximum absolute atomic E-state index is 8.90. The summed E-state index contributed by atoms with van der Waals surface area (Å²) in [6, 6.07) is 8.04. The number of nitrogens with one attached hydrogen (secondary N) is 1. The minimum Gasteiger partial charge on any atom is -0.382 e. The lowest BCUT2D eigenvalue weighted by molar-refractivity contribution is -0.0628. The van der Waals surface area contributed by atoms with Crippen molar-refractivity contribution in [2.75, 3.05) is 23.4 Å². The quantitative estimate of drug-likeness (QED) is 0.905. The Labute approximate surface area is 128 Å². The van der Waals surface area contributed by atoms with Crippen LogP contribution in [0.25, 0.3) is 0 Å². The molecule has 1 N–H and O–H groups in total. The Hall–Kier alpha value is -0.890. The summed E-state index contributed by atoms with van der Waals surface area (Å²) in [5.41, 5.74) is 1.59. The molecular formula is C15H17ClN2OS. The van der Waals surface area contributed by atoms with E-state index in [0.29, 0.717) is 16.6 Å². The van der Waals surface area contributed by atoms with Crippen LogP contribution in [0.5, 0.6) is 0 Å². The van der Waals surface area contributed by atoms with Crippen LogP contribution in [0.3, 0.4) is 0 Å². The molecular weight excluding hydrogens is 292 g/mol. The molecule has 2 unspecified atom stereocenters. The van der Waals surface area contributed by atoms with Gasteiger partial charge in [-0.25, -0.2) is 0 Å². The maximum atomic E-state index is 8.90. The fourth-order valence-corrected chi connectivity index (χ4v) is 4.55. The van der Waals surface area contributed by atoms with Crippen molar-refractivity contribution < 1.29 is 4.74 Å². The second-order valence-electron chi connectivity index (χ2n) is 5.47. The second kappa shape index (κ2) is 5.85. The lowest BCUT2D eigenvalue weighted by Gasteiger charge is -2.38. The van der Waals surface area contributed by atoms with Gasteiger partial charge in [0, 0.05) is 24.1 Å². The minimum absolute atomic E-state index is 0.0803. The van der Waals surface area contributed by atoms with Crippen molar-refractivity contribution in [2.24, 2.45) is 0 Å². The van der Waals surface area contributed by atoms with Crippen molar-refractivity contribution >= 4 is 29.1 Å². The molecule has 1 spiro atoms. The second-order valence-corrected chi connectivity index (χ2v) is 6.99. The highest BCUT2D eigenvalue weighted by atomic mass is 35.5. The zero-order valence-electron chi connectivity index (χ0n) is 11.2.